The maximum absolute atomic E-state index is 11.9. The van der Waals surface area contributed by atoms with Gasteiger partial charge in [-0.3, -0.25) is 4.98 Å². The number of benzene rings is 1. The molecular formula is C27H33NO4. The van der Waals surface area contributed by atoms with Gasteiger partial charge in [0.2, 0.25) is 0 Å². The number of nitrogens with zero attached hydrogens (tertiary/aromatic N) is 1. The number of pyridine rings is 1. The van der Waals surface area contributed by atoms with E-state index in [-0.39, 0.29) is 12.1 Å². The van der Waals surface area contributed by atoms with Crippen LogP contribution in [-0.2, 0) is 22.4 Å². The first-order chi connectivity index (χ1) is 15.1. The quantitative estimate of drug-likeness (QED) is 0.277. The second-order valence-corrected chi connectivity index (χ2v) is 8.91. The van der Waals surface area contributed by atoms with E-state index in [4.69, 9.17) is 13.9 Å². The topological polar surface area (TPSA) is 61.6 Å². The Morgan fingerprint density at radius 1 is 1.19 bits per heavy atom. The minimum Gasteiger partial charge on any atom is -0.490 e. The van der Waals surface area contributed by atoms with Crippen LogP contribution in [0.5, 0.6) is 5.75 Å². The molecule has 0 saturated heterocycles. The Kier molecular flexibility index (Phi) is 7.07. The first-order valence-corrected chi connectivity index (χ1v) is 11.2. The first kappa shape index (κ1) is 23.6. The molecule has 0 bridgehead atoms. The number of esters is 1. The van der Waals surface area contributed by atoms with E-state index < -0.39 is 5.60 Å². The molecule has 170 valence electrons. The van der Waals surface area contributed by atoms with Crippen molar-refractivity contribution in [3.8, 4) is 17.1 Å². The zero-order chi connectivity index (χ0) is 23.5. The number of hydrogen-bond acceptors (Lipinski definition) is 5. The maximum atomic E-state index is 11.9. The van der Waals surface area contributed by atoms with Crippen molar-refractivity contribution < 1.29 is 18.7 Å². The van der Waals surface area contributed by atoms with Gasteiger partial charge in [0.25, 0.3) is 0 Å². The zero-order valence-electron chi connectivity index (χ0n) is 20.0. The third-order valence-electron chi connectivity index (χ3n) is 5.38. The number of carbonyl (C=O) groups is 1. The Bertz CT molecular complexity index is 1130. The van der Waals surface area contributed by atoms with E-state index in [1.54, 1.807) is 6.92 Å². The lowest BCUT2D eigenvalue weighted by atomic mass is 10.0. The molecule has 0 aliphatic rings. The molecule has 0 amide bonds. The average Bonchev–Trinajstić information content (AvgIpc) is 3.15. The normalized spacial score (nSPS) is 12.6. The molecule has 2 aromatic heterocycles. The Morgan fingerprint density at radius 3 is 2.59 bits per heavy atom. The smallest absolute Gasteiger partial charge is 0.333 e. The minimum atomic E-state index is -0.661. The van der Waals surface area contributed by atoms with Crippen molar-refractivity contribution in [2.75, 3.05) is 0 Å². The Balaban J connectivity index is 1.76. The Morgan fingerprint density at radius 2 is 1.94 bits per heavy atom. The number of aromatic nitrogens is 1. The predicted octanol–water partition coefficient (Wildman–Crippen LogP) is 6.67. The molecule has 2 heterocycles. The van der Waals surface area contributed by atoms with Gasteiger partial charge >= 0.3 is 5.97 Å². The second-order valence-electron chi connectivity index (χ2n) is 8.91. The molecule has 0 N–H and O–H groups in total. The number of aryl methyl sites for hydroxylation is 2. The molecule has 0 radical (unpaired) electrons. The molecule has 5 heteroatoms. The molecule has 3 rings (SSSR count). The van der Waals surface area contributed by atoms with Crippen molar-refractivity contribution in [2.24, 2.45) is 0 Å². The number of carbonyl (C=O) groups excluding carboxylic acids is 1. The zero-order valence-corrected chi connectivity index (χ0v) is 20.0. The summed E-state index contributed by atoms with van der Waals surface area (Å²) in [5.74, 6) is 1.13. The largest absolute Gasteiger partial charge is 0.490 e. The van der Waals surface area contributed by atoms with E-state index in [0.29, 0.717) is 17.7 Å². The minimum absolute atomic E-state index is 0.160. The molecule has 32 heavy (non-hydrogen) atoms. The van der Waals surface area contributed by atoms with Crippen LogP contribution in [0.25, 0.3) is 22.3 Å². The van der Waals surface area contributed by atoms with E-state index in [0.717, 1.165) is 40.8 Å². The third kappa shape index (κ3) is 5.58. The van der Waals surface area contributed by atoms with Gasteiger partial charge in [-0.05, 0) is 70.4 Å². The predicted molar refractivity (Wildman–Crippen MR) is 128 cm³/mol. The summed E-state index contributed by atoms with van der Waals surface area (Å²) in [4.78, 5) is 16.4. The highest BCUT2D eigenvalue weighted by Gasteiger charge is 2.27. The van der Waals surface area contributed by atoms with Crippen LogP contribution in [0.4, 0.5) is 0 Å². The van der Waals surface area contributed by atoms with Crippen LogP contribution in [-0.4, -0.2) is 22.7 Å². The van der Waals surface area contributed by atoms with Crippen molar-refractivity contribution in [3.63, 3.8) is 0 Å². The SMILES string of the molecule is C=C(C)C(=O)OC(C)(C)CC(C)Oc1ccc2cc(-c3cnc(CC)cc3CC)oc2c1. The highest BCUT2D eigenvalue weighted by atomic mass is 16.6. The first-order valence-electron chi connectivity index (χ1n) is 11.2. The highest BCUT2D eigenvalue weighted by Crippen LogP contribution is 2.33. The van der Waals surface area contributed by atoms with Crippen molar-refractivity contribution >= 4 is 16.9 Å². The molecule has 0 aliphatic carbocycles. The summed E-state index contributed by atoms with van der Waals surface area (Å²) in [7, 11) is 0. The van der Waals surface area contributed by atoms with Crippen LogP contribution in [0.1, 0.15) is 59.2 Å². The number of hydrogen-bond donors (Lipinski definition) is 0. The van der Waals surface area contributed by atoms with Gasteiger partial charge in [-0.2, -0.15) is 0 Å². The monoisotopic (exact) mass is 435 g/mol. The van der Waals surface area contributed by atoms with Gasteiger partial charge in [0.05, 0.1) is 6.10 Å². The fourth-order valence-electron chi connectivity index (χ4n) is 3.82. The van der Waals surface area contributed by atoms with Gasteiger partial charge in [-0.1, -0.05) is 20.4 Å². The lowest BCUT2D eigenvalue weighted by Gasteiger charge is -2.28. The number of furan rings is 1. The lowest BCUT2D eigenvalue weighted by molar-refractivity contribution is -0.153. The van der Waals surface area contributed by atoms with E-state index in [1.807, 2.05) is 51.2 Å². The van der Waals surface area contributed by atoms with Gasteiger partial charge in [-0.15, -0.1) is 0 Å². The molecule has 0 fully saturated rings. The fraction of sp³-hybridized carbons (Fsp3) is 0.407. The van der Waals surface area contributed by atoms with Gasteiger partial charge in [0.1, 0.15) is 22.7 Å². The summed E-state index contributed by atoms with van der Waals surface area (Å²) in [5.41, 5.74) is 3.83. The van der Waals surface area contributed by atoms with Crippen LogP contribution in [0.15, 0.2) is 53.1 Å². The number of ether oxygens (including phenoxy) is 2. The van der Waals surface area contributed by atoms with Crippen LogP contribution in [0.3, 0.4) is 0 Å². The van der Waals surface area contributed by atoms with Crippen molar-refractivity contribution in [1.29, 1.82) is 0 Å². The highest BCUT2D eigenvalue weighted by molar-refractivity contribution is 5.87. The molecule has 3 aromatic rings. The Hall–Kier alpha value is -3.08. The Labute approximate surface area is 190 Å². The summed E-state index contributed by atoms with van der Waals surface area (Å²) in [5, 5.41) is 1.01. The maximum Gasteiger partial charge on any atom is 0.333 e. The lowest BCUT2D eigenvalue weighted by Crippen LogP contribution is -2.33. The van der Waals surface area contributed by atoms with Crippen molar-refractivity contribution in [2.45, 2.75) is 72.5 Å². The van der Waals surface area contributed by atoms with Crippen LogP contribution in [0.2, 0.25) is 0 Å². The number of rotatable bonds is 9. The van der Waals surface area contributed by atoms with Crippen LogP contribution < -0.4 is 4.74 Å². The van der Waals surface area contributed by atoms with E-state index in [9.17, 15) is 4.79 Å². The summed E-state index contributed by atoms with van der Waals surface area (Å²) < 4.78 is 17.8. The molecule has 0 aliphatic heterocycles. The third-order valence-corrected chi connectivity index (χ3v) is 5.38. The van der Waals surface area contributed by atoms with Gasteiger partial charge < -0.3 is 13.9 Å². The van der Waals surface area contributed by atoms with Gasteiger partial charge in [0.15, 0.2) is 0 Å². The standard InChI is InChI=1S/C27H33NO4/c1-8-19-12-21(9-2)28-16-23(19)25-13-20-10-11-22(14-24(20)31-25)30-18(5)15-27(6,7)32-26(29)17(3)4/h10-14,16,18H,3,8-9,15H2,1-2,4-7H3. The summed E-state index contributed by atoms with van der Waals surface area (Å²) >= 11 is 0. The summed E-state index contributed by atoms with van der Waals surface area (Å²) in [6.07, 6.45) is 4.12. The molecule has 1 unspecified atom stereocenters. The summed E-state index contributed by atoms with van der Waals surface area (Å²) in [6.45, 7) is 15.2. The van der Waals surface area contributed by atoms with E-state index in [2.05, 4.69) is 31.5 Å². The molecule has 0 spiro atoms. The van der Waals surface area contributed by atoms with E-state index in [1.165, 1.54) is 5.56 Å². The molecule has 5 nitrogen and oxygen atoms in total. The average molecular weight is 436 g/mol. The van der Waals surface area contributed by atoms with Gasteiger partial charge in [-0.25, -0.2) is 4.79 Å². The van der Waals surface area contributed by atoms with Gasteiger partial charge in [0, 0.05) is 40.9 Å². The molecule has 1 aromatic carbocycles. The van der Waals surface area contributed by atoms with Crippen molar-refractivity contribution in [3.05, 3.63) is 59.9 Å². The fourth-order valence-corrected chi connectivity index (χ4v) is 3.82. The van der Waals surface area contributed by atoms with Crippen LogP contribution >= 0.6 is 0 Å². The summed E-state index contributed by atoms with van der Waals surface area (Å²) in [6, 6.07) is 10.0. The van der Waals surface area contributed by atoms with Crippen LogP contribution in [0, 0.1) is 0 Å². The van der Waals surface area contributed by atoms with Crippen molar-refractivity contribution in [1.82, 2.24) is 4.98 Å². The molecule has 1 atom stereocenters. The molecule has 0 saturated carbocycles. The number of fused-ring (bicyclic) bond motifs is 1. The molecular weight excluding hydrogens is 402 g/mol. The second kappa shape index (κ2) is 9.60. The van der Waals surface area contributed by atoms with E-state index >= 15 is 0 Å².